The monoisotopic (exact) mass is 213 g/mol. The second-order valence-corrected chi connectivity index (χ2v) is 6.33. The summed E-state index contributed by atoms with van der Waals surface area (Å²) in [6.45, 7) is 16.6. The highest BCUT2D eigenvalue weighted by Crippen LogP contribution is 2.49. The number of aliphatic hydroxyl groups excluding tert-OH is 1. The minimum Gasteiger partial charge on any atom is -0.379 e. The summed E-state index contributed by atoms with van der Waals surface area (Å²) >= 11 is 0. The van der Waals surface area contributed by atoms with Gasteiger partial charge >= 0.3 is 0 Å². The second kappa shape index (κ2) is 3.74. The Hall–Kier alpha value is -0.0800. The molecule has 1 N–H and O–H groups in total. The molecule has 0 aromatic rings. The van der Waals surface area contributed by atoms with E-state index < -0.39 is 0 Å². The Balaban J connectivity index is 3.07. The van der Waals surface area contributed by atoms with E-state index in [1.54, 1.807) is 0 Å². The van der Waals surface area contributed by atoms with Crippen LogP contribution in [0.4, 0.5) is 0 Å². The number of rotatable bonds is 1. The zero-order chi connectivity index (χ0) is 12.0. The van der Waals surface area contributed by atoms with E-state index in [0.717, 1.165) is 6.54 Å². The molecule has 1 rings (SSSR count). The molecule has 1 heterocycles. The van der Waals surface area contributed by atoms with Crippen LogP contribution in [0, 0.1) is 17.3 Å². The van der Waals surface area contributed by atoms with Gasteiger partial charge in [0.05, 0.1) is 0 Å². The third kappa shape index (κ3) is 1.83. The first-order chi connectivity index (χ1) is 6.62. The molecule has 1 aliphatic rings. The van der Waals surface area contributed by atoms with Crippen molar-refractivity contribution in [1.82, 2.24) is 4.90 Å². The van der Waals surface area contributed by atoms with Crippen LogP contribution in [-0.4, -0.2) is 28.3 Å². The molecule has 1 aliphatic heterocycles. The molecule has 0 aromatic heterocycles. The molecular formula is C13H27NO. The lowest BCUT2D eigenvalue weighted by Gasteiger charge is -2.59. The van der Waals surface area contributed by atoms with Gasteiger partial charge in [-0.1, -0.05) is 27.7 Å². The predicted molar refractivity (Wildman–Crippen MR) is 64.6 cm³/mol. The van der Waals surface area contributed by atoms with Crippen molar-refractivity contribution in [2.24, 2.45) is 17.3 Å². The Bertz CT molecular complexity index is 233. The fourth-order valence-corrected chi connectivity index (χ4v) is 2.95. The van der Waals surface area contributed by atoms with Gasteiger partial charge in [0.25, 0.3) is 0 Å². The third-order valence-electron chi connectivity index (χ3n) is 5.22. The fraction of sp³-hybridized carbons (Fsp3) is 1.00. The molecule has 15 heavy (non-hydrogen) atoms. The minimum absolute atomic E-state index is 0.0487. The SMILES string of the molecule is CC1CN(C(C)O)C(C)(C)C(C)(C)C1C. The van der Waals surface area contributed by atoms with Crippen molar-refractivity contribution in [2.75, 3.05) is 6.54 Å². The van der Waals surface area contributed by atoms with Crippen molar-refractivity contribution in [3.8, 4) is 0 Å². The number of aliphatic hydroxyl groups is 1. The van der Waals surface area contributed by atoms with Crippen LogP contribution in [0.3, 0.4) is 0 Å². The molecule has 0 bridgehead atoms. The van der Waals surface area contributed by atoms with Crippen molar-refractivity contribution in [2.45, 2.75) is 60.2 Å². The maximum absolute atomic E-state index is 9.87. The summed E-state index contributed by atoms with van der Waals surface area (Å²) in [5.41, 5.74) is 0.273. The summed E-state index contributed by atoms with van der Waals surface area (Å²) in [5, 5.41) is 9.87. The van der Waals surface area contributed by atoms with Gasteiger partial charge < -0.3 is 5.11 Å². The first kappa shape index (κ1) is 13.0. The largest absolute Gasteiger partial charge is 0.379 e. The highest BCUT2D eigenvalue weighted by molar-refractivity contribution is 5.03. The summed E-state index contributed by atoms with van der Waals surface area (Å²) in [6.07, 6.45) is -0.353. The van der Waals surface area contributed by atoms with Gasteiger partial charge in [-0.25, -0.2) is 0 Å². The minimum atomic E-state index is -0.353. The van der Waals surface area contributed by atoms with E-state index in [9.17, 15) is 5.11 Å². The van der Waals surface area contributed by atoms with Crippen LogP contribution in [0.15, 0.2) is 0 Å². The molecule has 3 atom stereocenters. The van der Waals surface area contributed by atoms with Gasteiger partial charge in [0.15, 0.2) is 0 Å². The molecule has 0 saturated carbocycles. The number of piperidine rings is 1. The van der Waals surface area contributed by atoms with Gasteiger partial charge in [-0.15, -0.1) is 0 Å². The molecule has 2 heteroatoms. The molecule has 0 aliphatic carbocycles. The van der Waals surface area contributed by atoms with Gasteiger partial charge in [-0.2, -0.15) is 0 Å². The van der Waals surface area contributed by atoms with Gasteiger partial charge in [0.2, 0.25) is 0 Å². The average Bonchev–Trinajstić information content (AvgIpc) is 2.09. The van der Waals surface area contributed by atoms with E-state index in [2.05, 4.69) is 46.4 Å². The van der Waals surface area contributed by atoms with Gasteiger partial charge in [-0.05, 0) is 38.0 Å². The molecule has 0 radical (unpaired) electrons. The third-order valence-corrected chi connectivity index (χ3v) is 5.22. The van der Waals surface area contributed by atoms with Crippen molar-refractivity contribution >= 4 is 0 Å². The summed E-state index contributed by atoms with van der Waals surface area (Å²) in [4.78, 5) is 2.23. The molecule has 3 unspecified atom stereocenters. The quantitative estimate of drug-likeness (QED) is 0.724. The topological polar surface area (TPSA) is 23.5 Å². The molecule has 0 spiro atoms. The van der Waals surface area contributed by atoms with E-state index >= 15 is 0 Å². The molecule has 90 valence electrons. The van der Waals surface area contributed by atoms with E-state index in [4.69, 9.17) is 0 Å². The van der Waals surface area contributed by atoms with Crippen LogP contribution in [-0.2, 0) is 0 Å². The number of nitrogens with zero attached hydrogens (tertiary/aromatic N) is 1. The zero-order valence-electron chi connectivity index (χ0n) is 11.3. The highest BCUT2D eigenvalue weighted by Gasteiger charge is 2.51. The van der Waals surface area contributed by atoms with Crippen molar-refractivity contribution in [3.63, 3.8) is 0 Å². The molecule has 0 amide bonds. The summed E-state index contributed by atoms with van der Waals surface area (Å²) in [6, 6.07) is 0. The summed E-state index contributed by atoms with van der Waals surface area (Å²) in [5.74, 6) is 1.32. The van der Waals surface area contributed by atoms with Crippen LogP contribution >= 0.6 is 0 Å². The maximum atomic E-state index is 9.87. The Morgan fingerprint density at radius 1 is 1.20 bits per heavy atom. The second-order valence-electron chi connectivity index (χ2n) is 6.33. The lowest BCUT2D eigenvalue weighted by Crippen LogP contribution is -2.65. The Labute approximate surface area is 94.7 Å². The summed E-state index contributed by atoms with van der Waals surface area (Å²) in [7, 11) is 0. The smallest absolute Gasteiger partial charge is 0.105 e. The fourth-order valence-electron chi connectivity index (χ4n) is 2.95. The average molecular weight is 213 g/mol. The first-order valence-electron chi connectivity index (χ1n) is 6.07. The molecule has 1 saturated heterocycles. The number of likely N-dealkylation sites (tertiary alicyclic amines) is 1. The zero-order valence-corrected chi connectivity index (χ0v) is 11.3. The standard InChI is InChI=1S/C13H27NO/c1-9-8-14(11(3)15)13(6,7)12(4,5)10(9)2/h9-11,15H,8H2,1-7H3. The number of hydrogen-bond donors (Lipinski definition) is 1. The lowest BCUT2D eigenvalue weighted by molar-refractivity contribution is -0.155. The first-order valence-corrected chi connectivity index (χ1v) is 6.07. The number of hydrogen-bond acceptors (Lipinski definition) is 2. The van der Waals surface area contributed by atoms with Crippen LogP contribution in [0.5, 0.6) is 0 Å². The van der Waals surface area contributed by atoms with E-state index in [1.807, 2.05) is 6.92 Å². The maximum Gasteiger partial charge on any atom is 0.105 e. The normalized spacial score (nSPS) is 37.6. The predicted octanol–water partition coefficient (Wildman–Crippen LogP) is 2.72. The Morgan fingerprint density at radius 2 is 1.67 bits per heavy atom. The van der Waals surface area contributed by atoms with Crippen LogP contribution in [0.2, 0.25) is 0 Å². The van der Waals surface area contributed by atoms with E-state index in [-0.39, 0.29) is 17.2 Å². The Morgan fingerprint density at radius 3 is 2.07 bits per heavy atom. The van der Waals surface area contributed by atoms with Crippen molar-refractivity contribution < 1.29 is 5.11 Å². The molecular weight excluding hydrogens is 186 g/mol. The van der Waals surface area contributed by atoms with Crippen LogP contribution in [0.1, 0.15) is 48.5 Å². The molecule has 2 nitrogen and oxygen atoms in total. The van der Waals surface area contributed by atoms with Crippen LogP contribution in [0.25, 0.3) is 0 Å². The Kier molecular flexibility index (Phi) is 3.24. The summed E-state index contributed by atoms with van der Waals surface area (Å²) < 4.78 is 0. The van der Waals surface area contributed by atoms with Gasteiger partial charge in [0.1, 0.15) is 6.23 Å². The van der Waals surface area contributed by atoms with Crippen molar-refractivity contribution in [1.29, 1.82) is 0 Å². The van der Waals surface area contributed by atoms with Crippen LogP contribution < -0.4 is 0 Å². The molecule has 1 fully saturated rings. The van der Waals surface area contributed by atoms with E-state index in [1.165, 1.54) is 0 Å². The highest BCUT2D eigenvalue weighted by atomic mass is 16.3. The van der Waals surface area contributed by atoms with Gasteiger partial charge in [-0.3, -0.25) is 4.90 Å². The van der Waals surface area contributed by atoms with E-state index in [0.29, 0.717) is 11.8 Å². The van der Waals surface area contributed by atoms with Gasteiger partial charge in [0, 0.05) is 12.1 Å². The lowest BCUT2D eigenvalue weighted by atomic mass is 9.59. The van der Waals surface area contributed by atoms with Crippen molar-refractivity contribution in [3.05, 3.63) is 0 Å². The molecule has 0 aromatic carbocycles.